The number of fused-ring (bicyclic) bond motifs is 1. The summed E-state index contributed by atoms with van der Waals surface area (Å²) in [4.78, 5) is 3.06. The standard InChI is InChI=1S/C14H20N2OS/c15-14(18)7-3-4-8-16-9-10-17-13-6-2-1-5-12(13)11-16/h1-2,5-6H,3-4,7-11H2,(H2,15,18). The highest BCUT2D eigenvalue weighted by atomic mass is 32.1. The Bertz CT molecular complexity index is 409. The predicted molar refractivity (Wildman–Crippen MR) is 77.9 cm³/mol. The zero-order valence-corrected chi connectivity index (χ0v) is 11.4. The van der Waals surface area contributed by atoms with Gasteiger partial charge in [0.1, 0.15) is 12.4 Å². The second-order valence-corrected chi connectivity index (χ2v) is 5.18. The lowest BCUT2D eigenvalue weighted by Crippen LogP contribution is -2.27. The molecule has 0 spiro atoms. The van der Waals surface area contributed by atoms with Crippen LogP contribution >= 0.6 is 12.2 Å². The summed E-state index contributed by atoms with van der Waals surface area (Å²) in [6, 6.07) is 8.28. The second kappa shape index (κ2) is 6.71. The summed E-state index contributed by atoms with van der Waals surface area (Å²) < 4.78 is 5.74. The van der Waals surface area contributed by atoms with Crippen molar-refractivity contribution in [1.82, 2.24) is 4.90 Å². The van der Waals surface area contributed by atoms with Gasteiger partial charge in [0, 0.05) is 18.7 Å². The maximum absolute atomic E-state index is 5.74. The molecule has 1 heterocycles. The molecule has 18 heavy (non-hydrogen) atoms. The third kappa shape index (κ3) is 3.96. The molecule has 1 aliphatic rings. The Morgan fingerprint density at radius 1 is 1.33 bits per heavy atom. The first-order valence-corrected chi connectivity index (χ1v) is 6.88. The highest BCUT2D eigenvalue weighted by Crippen LogP contribution is 2.22. The Kier molecular flexibility index (Phi) is 4.96. The molecule has 2 rings (SSSR count). The minimum absolute atomic E-state index is 0.625. The average Bonchev–Trinajstić information content (AvgIpc) is 2.56. The number of hydrogen-bond acceptors (Lipinski definition) is 3. The van der Waals surface area contributed by atoms with Gasteiger partial charge in [-0.05, 0) is 31.9 Å². The van der Waals surface area contributed by atoms with Crippen LogP contribution in [0.2, 0.25) is 0 Å². The lowest BCUT2D eigenvalue weighted by Gasteiger charge is -2.18. The van der Waals surface area contributed by atoms with Gasteiger partial charge in [-0.1, -0.05) is 30.4 Å². The molecule has 0 aromatic heterocycles. The first-order valence-electron chi connectivity index (χ1n) is 6.47. The zero-order valence-electron chi connectivity index (χ0n) is 10.6. The molecule has 3 nitrogen and oxygen atoms in total. The number of benzene rings is 1. The minimum Gasteiger partial charge on any atom is -0.492 e. The van der Waals surface area contributed by atoms with Crippen molar-refractivity contribution >= 4 is 17.2 Å². The Hall–Kier alpha value is -1.13. The zero-order chi connectivity index (χ0) is 12.8. The highest BCUT2D eigenvalue weighted by Gasteiger charge is 2.13. The van der Waals surface area contributed by atoms with Gasteiger partial charge in [0.15, 0.2) is 0 Å². The van der Waals surface area contributed by atoms with Gasteiger partial charge in [0.2, 0.25) is 0 Å². The predicted octanol–water partition coefficient (Wildman–Crippen LogP) is 2.34. The van der Waals surface area contributed by atoms with E-state index in [0.717, 1.165) is 51.3 Å². The number of ether oxygens (including phenoxy) is 1. The minimum atomic E-state index is 0.625. The number of hydrogen-bond donors (Lipinski definition) is 1. The molecule has 0 bridgehead atoms. The molecule has 0 amide bonds. The van der Waals surface area contributed by atoms with E-state index in [-0.39, 0.29) is 0 Å². The molecule has 1 aromatic carbocycles. The normalized spacial score (nSPS) is 15.6. The maximum atomic E-state index is 5.74. The molecule has 1 aromatic rings. The molecule has 98 valence electrons. The smallest absolute Gasteiger partial charge is 0.123 e. The molecule has 1 aliphatic heterocycles. The molecule has 0 unspecified atom stereocenters. The van der Waals surface area contributed by atoms with E-state index in [1.54, 1.807) is 0 Å². The Labute approximate surface area is 114 Å². The van der Waals surface area contributed by atoms with Gasteiger partial charge in [0.25, 0.3) is 0 Å². The molecule has 0 fully saturated rings. The molecule has 2 N–H and O–H groups in total. The van der Waals surface area contributed by atoms with Crippen molar-refractivity contribution in [3.05, 3.63) is 29.8 Å². The monoisotopic (exact) mass is 264 g/mol. The summed E-state index contributed by atoms with van der Waals surface area (Å²) in [5.41, 5.74) is 6.78. The SMILES string of the molecule is NC(=S)CCCCN1CCOc2ccccc2C1. The summed E-state index contributed by atoms with van der Waals surface area (Å²) in [5, 5.41) is 0. The number of thiocarbonyl (C=S) groups is 1. The fraction of sp³-hybridized carbons (Fsp3) is 0.500. The third-order valence-corrected chi connectivity index (χ3v) is 3.38. The Morgan fingerprint density at radius 3 is 3.00 bits per heavy atom. The van der Waals surface area contributed by atoms with Crippen LogP contribution in [-0.4, -0.2) is 29.6 Å². The molecule has 0 atom stereocenters. The van der Waals surface area contributed by atoms with Gasteiger partial charge in [-0.2, -0.15) is 0 Å². The van der Waals surface area contributed by atoms with Crippen molar-refractivity contribution in [3.8, 4) is 5.75 Å². The molecule has 0 saturated carbocycles. The summed E-state index contributed by atoms with van der Waals surface area (Å²) in [5.74, 6) is 1.03. The number of rotatable bonds is 5. The first kappa shape index (κ1) is 13.3. The van der Waals surface area contributed by atoms with Gasteiger partial charge in [0.05, 0.1) is 4.99 Å². The van der Waals surface area contributed by atoms with Crippen LogP contribution in [0, 0.1) is 0 Å². The van der Waals surface area contributed by atoms with Crippen molar-refractivity contribution in [2.75, 3.05) is 19.7 Å². The van der Waals surface area contributed by atoms with Gasteiger partial charge in [-0.3, -0.25) is 4.90 Å². The van der Waals surface area contributed by atoms with Gasteiger partial charge >= 0.3 is 0 Å². The second-order valence-electron chi connectivity index (χ2n) is 4.66. The quantitative estimate of drug-likeness (QED) is 0.654. The summed E-state index contributed by atoms with van der Waals surface area (Å²) >= 11 is 4.88. The van der Waals surface area contributed by atoms with Crippen LogP contribution < -0.4 is 10.5 Å². The Balaban J connectivity index is 1.82. The van der Waals surface area contributed by atoms with Crippen molar-refractivity contribution in [3.63, 3.8) is 0 Å². The van der Waals surface area contributed by atoms with Crippen LogP contribution in [0.4, 0.5) is 0 Å². The highest BCUT2D eigenvalue weighted by molar-refractivity contribution is 7.80. The van der Waals surface area contributed by atoms with E-state index in [1.807, 2.05) is 12.1 Å². The Morgan fingerprint density at radius 2 is 2.17 bits per heavy atom. The maximum Gasteiger partial charge on any atom is 0.123 e. The molecule has 0 saturated heterocycles. The van der Waals surface area contributed by atoms with Crippen LogP contribution in [0.15, 0.2) is 24.3 Å². The third-order valence-electron chi connectivity index (χ3n) is 3.18. The molecule has 4 heteroatoms. The van der Waals surface area contributed by atoms with Crippen LogP contribution in [0.5, 0.6) is 5.75 Å². The van der Waals surface area contributed by atoms with Crippen LogP contribution in [0.3, 0.4) is 0 Å². The van der Waals surface area contributed by atoms with Crippen molar-refractivity contribution in [1.29, 1.82) is 0 Å². The lowest BCUT2D eigenvalue weighted by atomic mass is 10.2. The lowest BCUT2D eigenvalue weighted by molar-refractivity contribution is 0.223. The van der Waals surface area contributed by atoms with E-state index >= 15 is 0 Å². The molecule has 0 radical (unpaired) electrons. The van der Waals surface area contributed by atoms with Gasteiger partial charge in [-0.15, -0.1) is 0 Å². The molecular formula is C14H20N2OS. The van der Waals surface area contributed by atoms with Gasteiger partial charge in [-0.25, -0.2) is 0 Å². The fourth-order valence-corrected chi connectivity index (χ4v) is 2.35. The summed E-state index contributed by atoms with van der Waals surface area (Å²) in [6.45, 7) is 3.82. The molecule has 0 aliphatic carbocycles. The number of nitrogens with zero attached hydrogens (tertiary/aromatic N) is 1. The van der Waals surface area contributed by atoms with E-state index in [2.05, 4.69) is 17.0 Å². The van der Waals surface area contributed by atoms with Crippen molar-refractivity contribution in [2.45, 2.75) is 25.8 Å². The van der Waals surface area contributed by atoms with Crippen molar-refractivity contribution in [2.24, 2.45) is 5.73 Å². The fourth-order valence-electron chi connectivity index (χ4n) is 2.21. The topological polar surface area (TPSA) is 38.5 Å². The number of nitrogens with two attached hydrogens (primary N) is 1. The van der Waals surface area contributed by atoms with E-state index in [9.17, 15) is 0 Å². The van der Waals surface area contributed by atoms with E-state index in [0.29, 0.717) is 4.99 Å². The van der Waals surface area contributed by atoms with Crippen LogP contribution in [-0.2, 0) is 6.54 Å². The van der Waals surface area contributed by atoms with Crippen LogP contribution in [0.1, 0.15) is 24.8 Å². The van der Waals surface area contributed by atoms with Gasteiger partial charge < -0.3 is 10.5 Å². The summed E-state index contributed by atoms with van der Waals surface area (Å²) in [7, 11) is 0. The molecular weight excluding hydrogens is 244 g/mol. The van der Waals surface area contributed by atoms with Crippen molar-refractivity contribution < 1.29 is 4.74 Å². The van der Waals surface area contributed by atoms with E-state index in [1.165, 1.54) is 5.56 Å². The number of unbranched alkanes of at least 4 members (excludes halogenated alkanes) is 1. The first-order chi connectivity index (χ1) is 8.75. The largest absolute Gasteiger partial charge is 0.492 e. The average molecular weight is 264 g/mol. The van der Waals surface area contributed by atoms with E-state index < -0.39 is 0 Å². The van der Waals surface area contributed by atoms with Crippen LogP contribution in [0.25, 0.3) is 0 Å². The number of para-hydroxylation sites is 1. The van der Waals surface area contributed by atoms with E-state index in [4.69, 9.17) is 22.7 Å². The summed E-state index contributed by atoms with van der Waals surface area (Å²) in [6.07, 6.45) is 3.07.